The maximum Gasteiger partial charge on any atom is 0.391 e. The molecule has 5 nitrogen and oxygen atoms in total. The SMILES string of the molecule is CC(C)Cc1c(-c2ccc(P(=O)(O)O)o2)[nH]c2ccc(Cl)cc12. The summed E-state index contributed by atoms with van der Waals surface area (Å²) in [5.41, 5.74) is 2.34. The third kappa shape index (κ3) is 3.24. The lowest BCUT2D eigenvalue weighted by Crippen LogP contribution is -1.99. The number of benzene rings is 1. The molecule has 0 aliphatic rings. The molecule has 0 radical (unpaired) electrons. The monoisotopic (exact) mass is 353 g/mol. The summed E-state index contributed by atoms with van der Waals surface area (Å²) in [7, 11) is -4.40. The standard InChI is InChI=1S/C16H17ClNO4P/c1-9(2)7-12-11-8-10(17)3-4-13(11)18-16(12)14-5-6-15(22-14)23(19,20)21/h3-6,8-9,18H,7H2,1-2H3,(H2,19,20,21). The van der Waals surface area contributed by atoms with E-state index in [0.717, 1.165) is 28.6 Å². The van der Waals surface area contributed by atoms with Crippen molar-refractivity contribution in [3.8, 4) is 11.5 Å². The number of nitrogens with one attached hydrogen (secondary N) is 1. The van der Waals surface area contributed by atoms with Gasteiger partial charge in [0.2, 0.25) is 5.50 Å². The van der Waals surface area contributed by atoms with Crippen LogP contribution in [0.5, 0.6) is 0 Å². The second kappa shape index (κ2) is 5.84. The summed E-state index contributed by atoms with van der Waals surface area (Å²) in [5.74, 6) is 0.814. The van der Waals surface area contributed by atoms with Gasteiger partial charge in [0.15, 0.2) is 5.76 Å². The fourth-order valence-electron chi connectivity index (χ4n) is 2.67. The molecule has 0 unspecified atom stereocenters. The summed E-state index contributed by atoms with van der Waals surface area (Å²) < 4.78 is 16.7. The van der Waals surface area contributed by atoms with Gasteiger partial charge in [0, 0.05) is 15.9 Å². The van der Waals surface area contributed by atoms with Crippen LogP contribution in [0.25, 0.3) is 22.4 Å². The van der Waals surface area contributed by atoms with Crippen molar-refractivity contribution in [2.45, 2.75) is 20.3 Å². The summed E-state index contributed by atoms with van der Waals surface area (Å²) in [6, 6.07) is 8.46. The van der Waals surface area contributed by atoms with Crippen molar-refractivity contribution in [3.63, 3.8) is 0 Å². The van der Waals surface area contributed by atoms with Gasteiger partial charge in [0.05, 0.1) is 5.69 Å². The molecule has 3 aromatic rings. The Morgan fingerprint density at radius 3 is 2.61 bits per heavy atom. The third-order valence-electron chi connectivity index (χ3n) is 3.61. The lowest BCUT2D eigenvalue weighted by molar-refractivity contribution is 0.377. The molecule has 3 rings (SSSR count). The number of halogens is 1. The molecule has 0 saturated heterocycles. The Balaban J connectivity index is 2.20. The van der Waals surface area contributed by atoms with Crippen LogP contribution in [0.3, 0.4) is 0 Å². The van der Waals surface area contributed by atoms with Crippen LogP contribution in [-0.2, 0) is 11.0 Å². The first-order valence-electron chi connectivity index (χ1n) is 7.22. The first kappa shape index (κ1) is 16.3. The van der Waals surface area contributed by atoms with Crippen LogP contribution < -0.4 is 5.50 Å². The van der Waals surface area contributed by atoms with Gasteiger partial charge in [0.25, 0.3) is 0 Å². The molecule has 0 aliphatic heterocycles. The summed E-state index contributed by atoms with van der Waals surface area (Å²) in [6.45, 7) is 4.22. The van der Waals surface area contributed by atoms with E-state index in [1.54, 1.807) is 12.1 Å². The third-order valence-corrected chi connectivity index (χ3v) is 4.66. The van der Waals surface area contributed by atoms with Crippen molar-refractivity contribution in [2.24, 2.45) is 5.92 Å². The van der Waals surface area contributed by atoms with Gasteiger partial charge in [-0.2, -0.15) is 0 Å². The van der Waals surface area contributed by atoms with E-state index >= 15 is 0 Å². The molecule has 0 saturated carbocycles. The second-order valence-corrected chi connectivity index (χ2v) is 7.91. The van der Waals surface area contributed by atoms with Crippen LogP contribution in [0.15, 0.2) is 34.7 Å². The zero-order chi connectivity index (χ0) is 16.8. The molecule has 1 aromatic carbocycles. The maximum absolute atomic E-state index is 11.3. The van der Waals surface area contributed by atoms with Crippen molar-refractivity contribution in [1.29, 1.82) is 0 Å². The number of furan rings is 1. The quantitative estimate of drug-likeness (QED) is 0.617. The van der Waals surface area contributed by atoms with Gasteiger partial charge >= 0.3 is 7.60 Å². The predicted molar refractivity (Wildman–Crippen MR) is 91.2 cm³/mol. The minimum atomic E-state index is -4.40. The van der Waals surface area contributed by atoms with Crippen LogP contribution in [0, 0.1) is 5.92 Å². The molecular formula is C16H17ClNO4P. The summed E-state index contributed by atoms with van der Waals surface area (Å²) >= 11 is 6.11. The number of aromatic amines is 1. The number of H-pyrrole nitrogens is 1. The van der Waals surface area contributed by atoms with Crippen molar-refractivity contribution >= 4 is 35.6 Å². The van der Waals surface area contributed by atoms with Gasteiger partial charge in [-0.1, -0.05) is 25.4 Å². The number of rotatable bonds is 4. The lowest BCUT2D eigenvalue weighted by Gasteiger charge is -2.06. The lowest BCUT2D eigenvalue weighted by atomic mass is 9.99. The first-order chi connectivity index (χ1) is 10.8. The Morgan fingerprint density at radius 1 is 1.26 bits per heavy atom. The Kier molecular flexibility index (Phi) is 4.15. The molecule has 0 spiro atoms. The zero-order valence-electron chi connectivity index (χ0n) is 12.7. The normalized spacial score (nSPS) is 12.4. The number of aromatic nitrogens is 1. The van der Waals surface area contributed by atoms with E-state index in [0.29, 0.717) is 16.7 Å². The Morgan fingerprint density at radius 2 is 2.00 bits per heavy atom. The highest BCUT2D eigenvalue weighted by Gasteiger charge is 2.24. The van der Waals surface area contributed by atoms with Gasteiger partial charge in [-0.05, 0) is 48.2 Å². The maximum atomic E-state index is 11.3. The average Bonchev–Trinajstić information content (AvgIpc) is 3.03. The number of fused-ring (bicyclic) bond motifs is 1. The smallest absolute Gasteiger partial charge is 0.391 e. The molecule has 23 heavy (non-hydrogen) atoms. The minimum absolute atomic E-state index is 0.334. The van der Waals surface area contributed by atoms with Crippen LogP contribution in [0.1, 0.15) is 19.4 Å². The number of hydrogen-bond acceptors (Lipinski definition) is 2. The minimum Gasteiger partial charge on any atom is -0.447 e. The highest BCUT2D eigenvalue weighted by Crippen LogP contribution is 2.38. The summed E-state index contributed by atoms with van der Waals surface area (Å²) in [4.78, 5) is 21.7. The second-order valence-electron chi connectivity index (χ2n) is 5.95. The van der Waals surface area contributed by atoms with E-state index in [-0.39, 0.29) is 5.50 Å². The average molecular weight is 354 g/mol. The molecule has 0 aliphatic carbocycles. The van der Waals surface area contributed by atoms with Crippen LogP contribution in [0.4, 0.5) is 0 Å². The van der Waals surface area contributed by atoms with Crippen molar-refractivity contribution in [2.75, 3.05) is 0 Å². The van der Waals surface area contributed by atoms with Gasteiger partial charge in [-0.25, -0.2) is 0 Å². The Bertz CT molecular complexity index is 906. The van der Waals surface area contributed by atoms with E-state index in [2.05, 4.69) is 18.8 Å². The Labute approximate surface area is 138 Å². The molecule has 3 N–H and O–H groups in total. The summed E-state index contributed by atoms with van der Waals surface area (Å²) in [6.07, 6.45) is 0.793. The molecule has 122 valence electrons. The molecule has 2 heterocycles. The topological polar surface area (TPSA) is 86.5 Å². The molecule has 0 bridgehead atoms. The van der Waals surface area contributed by atoms with Crippen molar-refractivity contribution in [3.05, 3.63) is 40.9 Å². The molecule has 7 heteroatoms. The van der Waals surface area contributed by atoms with Gasteiger partial charge in [-0.15, -0.1) is 0 Å². The van der Waals surface area contributed by atoms with Gasteiger partial charge < -0.3 is 19.2 Å². The first-order valence-corrected chi connectivity index (χ1v) is 9.21. The predicted octanol–water partition coefficient (Wildman–Crippen LogP) is 4.08. The summed E-state index contributed by atoms with van der Waals surface area (Å²) in [5, 5.41) is 1.64. The molecular weight excluding hydrogens is 337 g/mol. The van der Waals surface area contributed by atoms with Crippen LogP contribution in [0.2, 0.25) is 5.02 Å². The van der Waals surface area contributed by atoms with E-state index in [9.17, 15) is 14.4 Å². The molecule has 0 atom stereocenters. The largest absolute Gasteiger partial charge is 0.447 e. The fraction of sp³-hybridized carbons (Fsp3) is 0.250. The highest BCUT2D eigenvalue weighted by atomic mass is 35.5. The van der Waals surface area contributed by atoms with Gasteiger partial charge in [0.1, 0.15) is 0 Å². The van der Waals surface area contributed by atoms with E-state index in [1.807, 2.05) is 12.1 Å². The van der Waals surface area contributed by atoms with E-state index < -0.39 is 7.60 Å². The zero-order valence-corrected chi connectivity index (χ0v) is 14.4. The highest BCUT2D eigenvalue weighted by molar-refractivity contribution is 7.59. The molecule has 2 aromatic heterocycles. The number of hydrogen-bond donors (Lipinski definition) is 3. The van der Waals surface area contributed by atoms with Crippen molar-refractivity contribution < 1.29 is 18.8 Å². The molecule has 0 amide bonds. The van der Waals surface area contributed by atoms with Crippen molar-refractivity contribution in [1.82, 2.24) is 4.98 Å². The van der Waals surface area contributed by atoms with E-state index in [4.69, 9.17) is 16.0 Å². The van der Waals surface area contributed by atoms with E-state index in [1.165, 1.54) is 6.07 Å². The fourth-order valence-corrected chi connectivity index (χ4v) is 3.33. The Hall–Kier alpha value is -1.52. The van der Waals surface area contributed by atoms with Crippen LogP contribution in [-0.4, -0.2) is 14.8 Å². The molecule has 0 fully saturated rings. The van der Waals surface area contributed by atoms with Gasteiger partial charge in [-0.3, -0.25) is 4.57 Å². The van der Waals surface area contributed by atoms with Crippen LogP contribution >= 0.6 is 19.2 Å².